The normalized spacial score (nSPS) is 18.7. The van der Waals surface area contributed by atoms with Gasteiger partial charge in [-0.25, -0.2) is 0 Å². The molecule has 2 heterocycles. The van der Waals surface area contributed by atoms with Crippen LogP contribution in [0.25, 0.3) is 11.1 Å². The van der Waals surface area contributed by atoms with Crippen LogP contribution in [0.5, 0.6) is 0 Å². The van der Waals surface area contributed by atoms with Gasteiger partial charge in [0.25, 0.3) is 0 Å². The molecule has 0 saturated carbocycles. The van der Waals surface area contributed by atoms with Gasteiger partial charge in [-0.3, -0.25) is 9.78 Å². The first-order valence-corrected chi connectivity index (χ1v) is 11.2. The van der Waals surface area contributed by atoms with E-state index in [1.807, 2.05) is 31.5 Å². The van der Waals surface area contributed by atoms with Crippen molar-refractivity contribution in [3.63, 3.8) is 0 Å². The molecule has 1 aliphatic rings. The first kappa shape index (κ1) is 21.3. The fourth-order valence-corrected chi connectivity index (χ4v) is 4.59. The van der Waals surface area contributed by atoms with Crippen molar-refractivity contribution in [3.8, 4) is 11.1 Å². The molecule has 4 nitrogen and oxygen atoms in total. The number of carbonyl (C=O) groups is 1. The number of hydrogen-bond donors (Lipinski definition) is 1. The van der Waals surface area contributed by atoms with E-state index in [4.69, 9.17) is 0 Å². The molecular weight excluding hydrogens is 382 g/mol. The monoisotopic (exact) mass is 413 g/mol. The van der Waals surface area contributed by atoms with Crippen LogP contribution in [0.1, 0.15) is 24.5 Å². The van der Waals surface area contributed by atoms with Crippen molar-refractivity contribution in [2.45, 2.75) is 26.2 Å². The molecule has 0 radical (unpaired) electrons. The minimum absolute atomic E-state index is 0.190. The number of benzene rings is 2. The second-order valence-electron chi connectivity index (χ2n) is 8.51. The van der Waals surface area contributed by atoms with Crippen LogP contribution in [0.3, 0.4) is 0 Å². The topological polar surface area (TPSA) is 45.2 Å². The molecule has 4 rings (SSSR count). The van der Waals surface area contributed by atoms with E-state index in [1.165, 1.54) is 16.7 Å². The van der Waals surface area contributed by atoms with Gasteiger partial charge in [-0.1, -0.05) is 54.6 Å². The maximum Gasteiger partial charge on any atom is 0.227 e. The molecule has 0 bridgehead atoms. The Labute approximate surface area is 185 Å². The quantitative estimate of drug-likeness (QED) is 0.597. The zero-order valence-corrected chi connectivity index (χ0v) is 18.3. The van der Waals surface area contributed by atoms with E-state index >= 15 is 0 Å². The Morgan fingerprint density at radius 3 is 2.39 bits per heavy atom. The van der Waals surface area contributed by atoms with Gasteiger partial charge in [-0.2, -0.15) is 0 Å². The lowest BCUT2D eigenvalue weighted by molar-refractivity contribution is -0.130. The van der Waals surface area contributed by atoms with Crippen molar-refractivity contribution < 1.29 is 4.79 Å². The Morgan fingerprint density at radius 1 is 0.968 bits per heavy atom. The molecule has 1 saturated heterocycles. The Hall–Kier alpha value is -2.98. The Bertz CT molecular complexity index is 972. The van der Waals surface area contributed by atoms with Crippen LogP contribution in [-0.4, -0.2) is 42.0 Å². The standard InChI is InChI=1S/C27H31N3O/c1-2-29-26(31)27(15-19-30(21-27)18-14-22-6-4-3-5-7-22)20-23-8-10-24(11-9-23)25-12-16-28-17-13-25/h3-13,16-17H,2,14-15,18-21H2,1H3,(H,29,31)/t27-/m0/s1. The minimum Gasteiger partial charge on any atom is -0.356 e. The fraction of sp³-hybridized carbons (Fsp3) is 0.333. The van der Waals surface area contributed by atoms with Crippen molar-refractivity contribution in [1.29, 1.82) is 0 Å². The summed E-state index contributed by atoms with van der Waals surface area (Å²) in [5.74, 6) is 0.190. The molecule has 0 unspecified atom stereocenters. The van der Waals surface area contributed by atoms with Gasteiger partial charge in [0, 0.05) is 32.0 Å². The van der Waals surface area contributed by atoms with Gasteiger partial charge in [0.15, 0.2) is 0 Å². The van der Waals surface area contributed by atoms with Crippen LogP contribution in [0.15, 0.2) is 79.1 Å². The lowest BCUT2D eigenvalue weighted by atomic mass is 9.79. The fourth-order valence-electron chi connectivity index (χ4n) is 4.59. The summed E-state index contributed by atoms with van der Waals surface area (Å²) in [4.78, 5) is 19.7. The molecule has 1 N–H and O–H groups in total. The Balaban J connectivity index is 1.46. The van der Waals surface area contributed by atoms with Crippen molar-refractivity contribution in [3.05, 3.63) is 90.3 Å². The van der Waals surface area contributed by atoms with Gasteiger partial charge >= 0.3 is 0 Å². The molecule has 160 valence electrons. The summed E-state index contributed by atoms with van der Waals surface area (Å²) in [7, 11) is 0. The Kier molecular flexibility index (Phi) is 6.78. The third kappa shape index (κ3) is 5.20. The molecule has 31 heavy (non-hydrogen) atoms. The summed E-state index contributed by atoms with van der Waals surface area (Å²) < 4.78 is 0. The number of amides is 1. The van der Waals surface area contributed by atoms with Crippen LogP contribution in [0.4, 0.5) is 0 Å². The Morgan fingerprint density at radius 2 is 1.68 bits per heavy atom. The zero-order valence-electron chi connectivity index (χ0n) is 18.3. The van der Waals surface area contributed by atoms with Crippen LogP contribution < -0.4 is 5.32 Å². The number of aromatic nitrogens is 1. The first-order chi connectivity index (χ1) is 15.2. The van der Waals surface area contributed by atoms with Crippen molar-refractivity contribution >= 4 is 5.91 Å². The molecule has 1 aromatic heterocycles. The first-order valence-electron chi connectivity index (χ1n) is 11.2. The number of nitrogens with one attached hydrogen (secondary N) is 1. The number of carbonyl (C=O) groups excluding carboxylic acids is 1. The highest BCUT2D eigenvalue weighted by Gasteiger charge is 2.44. The molecule has 1 atom stereocenters. The van der Waals surface area contributed by atoms with E-state index in [0.29, 0.717) is 6.54 Å². The van der Waals surface area contributed by atoms with Gasteiger partial charge in [-0.05, 0) is 67.1 Å². The highest BCUT2D eigenvalue weighted by molar-refractivity contribution is 5.83. The van der Waals surface area contributed by atoms with E-state index in [0.717, 1.165) is 44.5 Å². The number of hydrogen-bond acceptors (Lipinski definition) is 3. The van der Waals surface area contributed by atoms with Crippen LogP contribution in [0.2, 0.25) is 0 Å². The van der Waals surface area contributed by atoms with Gasteiger partial charge < -0.3 is 10.2 Å². The number of pyridine rings is 1. The van der Waals surface area contributed by atoms with E-state index < -0.39 is 0 Å². The molecule has 4 heteroatoms. The molecule has 0 aliphatic carbocycles. The lowest BCUT2D eigenvalue weighted by Crippen LogP contribution is -2.44. The predicted octanol–water partition coefficient (Wildman–Crippen LogP) is 4.36. The van der Waals surface area contributed by atoms with E-state index in [1.54, 1.807) is 0 Å². The van der Waals surface area contributed by atoms with Crippen molar-refractivity contribution in [1.82, 2.24) is 15.2 Å². The van der Waals surface area contributed by atoms with Gasteiger partial charge in [-0.15, -0.1) is 0 Å². The van der Waals surface area contributed by atoms with Crippen molar-refractivity contribution in [2.24, 2.45) is 5.41 Å². The maximum absolute atomic E-state index is 13.1. The second-order valence-corrected chi connectivity index (χ2v) is 8.51. The summed E-state index contributed by atoms with van der Waals surface area (Å²) in [6.45, 7) is 5.45. The highest BCUT2D eigenvalue weighted by atomic mass is 16.2. The van der Waals surface area contributed by atoms with E-state index in [-0.39, 0.29) is 11.3 Å². The van der Waals surface area contributed by atoms with Crippen molar-refractivity contribution in [2.75, 3.05) is 26.2 Å². The number of likely N-dealkylation sites (tertiary alicyclic amines) is 1. The van der Waals surface area contributed by atoms with Gasteiger partial charge in [0.1, 0.15) is 0 Å². The lowest BCUT2D eigenvalue weighted by Gasteiger charge is -2.28. The SMILES string of the molecule is CCNC(=O)[C@]1(Cc2ccc(-c3ccncc3)cc2)CCN(CCc2ccccc2)C1. The van der Waals surface area contributed by atoms with Gasteiger partial charge in [0.2, 0.25) is 5.91 Å². The van der Waals surface area contributed by atoms with E-state index in [9.17, 15) is 4.79 Å². The molecular formula is C27H31N3O. The zero-order chi connectivity index (χ0) is 21.5. The summed E-state index contributed by atoms with van der Waals surface area (Å²) in [6, 6.07) is 23.3. The predicted molar refractivity (Wildman–Crippen MR) is 126 cm³/mol. The third-order valence-electron chi connectivity index (χ3n) is 6.32. The van der Waals surface area contributed by atoms with Gasteiger partial charge in [0.05, 0.1) is 5.41 Å². The van der Waals surface area contributed by atoms with E-state index in [2.05, 4.69) is 69.8 Å². The largest absolute Gasteiger partial charge is 0.356 e. The summed E-state index contributed by atoms with van der Waals surface area (Å²) in [5.41, 5.74) is 4.55. The number of rotatable bonds is 8. The highest BCUT2D eigenvalue weighted by Crippen LogP contribution is 2.35. The molecule has 1 fully saturated rings. The van der Waals surface area contributed by atoms with Crippen LogP contribution in [0, 0.1) is 5.41 Å². The average Bonchev–Trinajstić information content (AvgIpc) is 3.24. The molecule has 0 spiro atoms. The van der Waals surface area contributed by atoms with Crippen LogP contribution >= 0.6 is 0 Å². The molecule has 3 aromatic rings. The molecule has 1 amide bonds. The summed E-state index contributed by atoms with van der Waals surface area (Å²) in [6.07, 6.45) is 6.33. The third-order valence-corrected chi connectivity index (χ3v) is 6.32. The number of nitrogens with zero attached hydrogens (tertiary/aromatic N) is 2. The minimum atomic E-state index is -0.356. The second kappa shape index (κ2) is 9.88. The maximum atomic E-state index is 13.1. The smallest absolute Gasteiger partial charge is 0.227 e. The summed E-state index contributed by atoms with van der Waals surface area (Å²) in [5, 5.41) is 3.11. The van der Waals surface area contributed by atoms with Crippen LogP contribution in [-0.2, 0) is 17.6 Å². The molecule has 2 aromatic carbocycles. The average molecular weight is 414 g/mol. The summed E-state index contributed by atoms with van der Waals surface area (Å²) >= 11 is 0. The molecule has 1 aliphatic heterocycles.